The molecule has 0 heterocycles. The Hall–Kier alpha value is -5.50. The molecule has 0 aliphatic heterocycles. The summed E-state index contributed by atoms with van der Waals surface area (Å²) in [5.41, 5.74) is 1.90. The summed E-state index contributed by atoms with van der Waals surface area (Å²) in [6.45, 7) is 5.82. The van der Waals surface area contributed by atoms with Crippen molar-refractivity contribution in [1.29, 1.82) is 0 Å². The Morgan fingerprint density at radius 3 is 1.24 bits per heavy atom. The SMILES string of the molecule is Cc1ccc(-c2ccc(N(c3ccc(C(c4ccc(N(C)c5cccc(C)c5)cc4)(C(F)(F)F)C(F)(F)F)cc3)c3cccc(C)c3)cc2)cc1. The van der Waals surface area contributed by atoms with Crippen LogP contribution in [-0.4, -0.2) is 19.4 Å². The predicted octanol–water partition coefficient (Wildman–Crippen LogP) is 12.9. The van der Waals surface area contributed by atoms with Crippen molar-refractivity contribution < 1.29 is 26.3 Å². The van der Waals surface area contributed by atoms with E-state index in [1.165, 1.54) is 24.3 Å². The van der Waals surface area contributed by atoms with Gasteiger partial charge in [-0.05, 0) is 115 Å². The van der Waals surface area contributed by atoms with Crippen LogP contribution < -0.4 is 9.80 Å². The Balaban J connectivity index is 1.42. The summed E-state index contributed by atoms with van der Waals surface area (Å²) in [4.78, 5) is 3.52. The Labute approximate surface area is 294 Å². The smallest absolute Gasteiger partial charge is 0.345 e. The molecule has 0 unspecified atom stereocenters. The first-order valence-electron chi connectivity index (χ1n) is 16.4. The summed E-state index contributed by atoms with van der Waals surface area (Å²) < 4.78 is 90.6. The molecule has 6 aromatic carbocycles. The van der Waals surface area contributed by atoms with Gasteiger partial charge in [-0.2, -0.15) is 26.3 Å². The molecule has 0 atom stereocenters. The lowest BCUT2D eigenvalue weighted by Gasteiger charge is -2.38. The lowest BCUT2D eigenvalue weighted by atomic mass is 9.72. The zero-order valence-corrected chi connectivity index (χ0v) is 28.5. The first-order valence-corrected chi connectivity index (χ1v) is 16.4. The van der Waals surface area contributed by atoms with Gasteiger partial charge in [-0.3, -0.25) is 0 Å². The van der Waals surface area contributed by atoms with Gasteiger partial charge in [-0.1, -0.05) is 90.5 Å². The summed E-state index contributed by atoms with van der Waals surface area (Å²) in [7, 11) is 1.71. The Morgan fingerprint density at radius 2 is 0.784 bits per heavy atom. The van der Waals surface area contributed by atoms with Crippen LogP contribution in [0.15, 0.2) is 146 Å². The average Bonchev–Trinajstić information content (AvgIpc) is 3.09. The van der Waals surface area contributed by atoms with Crippen LogP contribution in [0.25, 0.3) is 11.1 Å². The van der Waals surface area contributed by atoms with Gasteiger partial charge in [0.05, 0.1) is 0 Å². The molecule has 0 radical (unpaired) electrons. The van der Waals surface area contributed by atoms with Crippen molar-refractivity contribution in [3.63, 3.8) is 0 Å². The van der Waals surface area contributed by atoms with Crippen LogP contribution in [0.1, 0.15) is 27.8 Å². The van der Waals surface area contributed by atoms with E-state index in [9.17, 15) is 0 Å². The van der Waals surface area contributed by atoms with Crippen molar-refractivity contribution in [2.75, 3.05) is 16.8 Å². The molecule has 0 amide bonds. The maximum absolute atomic E-state index is 15.1. The molecule has 0 saturated carbocycles. The molecule has 51 heavy (non-hydrogen) atoms. The first kappa shape index (κ1) is 35.3. The van der Waals surface area contributed by atoms with Crippen LogP contribution >= 0.6 is 0 Å². The number of rotatable bonds is 8. The van der Waals surface area contributed by atoms with Gasteiger partial charge in [0.15, 0.2) is 0 Å². The number of nitrogens with zero attached hydrogens (tertiary/aromatic N) is 2. The topological polar surface area (TPSA) is 6.48 Å². The fraction of sp³-hybridized carbons (Fsp3) is 0.163. The van der Waals surface area contributed by atoms with E-state index in [0.717, 1.165) is 57.8 Å². The number of benzene rings is 6. The predicted molar refractivity (Wildman–Crippen MR) is 195 cm³/mol. The number of alkyl halides is 6. The normalized spacial score (nSPS) is 12.1. The minimum Gasteiger partial charge on any atom is -0.345 e. The van der Waals surface area contributed by atoms with Crippen LogP contribution in [0.2, 0.25) is 0 Å². The second-order valence-corrected chi connectivity index (χ2v) is 12.8. The van der Waals surface area contributed by atoms with Gasteiger partial charge >= 0.3 is 12.4 Å². The van der Waals surface area contributed by atoms with E-state index in [1.807, 2.05) is 123 Å². The van der Waals surface area contributed by atoms with Gasteiger partial charge in [0.2, 0.25) is 5.41 Å². The third kappa shape index (κ3) is 6.83. The van der Waals surface area contributed by atoms with Gasteiger partial charge in [0.25, 0.3) is 0 Å². The quantitative estimate of drug-likeness (QED) is 0.146. The standard InChI is InChI=1S/C43H36F6N2/c1-29-11-13-32(14-12-29)33-15-21-37(22-16-33)51(40-10-6-8-31(3)28-40)38-25-19-35(20-26-38)41(42(44,45)46,43(47,48)49)34-17-23-36(24-18-34)50(4)39-9-5-7-30(2)27-39/h5-28H,1-4H3. The van der Waals surface area contributed by atoms with Crippen molar-refractivity contribution in [2.24, 2.45) is 0 Å². The molecular formula is C43H36F6N2. The molecule has 0 saturated heterocycles. The van der Waals surface area contributed by atoms with Crippen molar-refractivity contribution >= 4 is 28.4 Å². The number of anilines is 5. The van der Waals surface area contributed by atoms with Gasteiger partial charge in [0.1, 0.15) is 0 Å². The van der Waals surface area contributed by atoms with Crippen LogP contribution in [-0.2, 0) is 5.41 Å². The zero-order chi connectivity index (χ0) is 36.6. The third-order valence-electron chi connectivity index (χ3n) is 9.26. The van der Waals surface area contributed by atoms with Crippen molar-refractivity contribution in [1.82, 2.24) is 0 Å². The fourth-order valence-electron chi connectivity index (χ4n) is 6.53. The Kier molecular flexibility index (Phi) is 9.47. The molecule has 8 heteroatoms. The number of halogens is 6. The van der Waals surface area contributed by atoms with E-state index < -0.39 is 28.9 Å². The maximum Gasteiger partial charge on any atom is 0.411 e. The Bertz CT molecular complexity index is 2080. The Morgan fingerprint density at radius 1 is 0.392 bits per heavy atom. The van der Waals surface area contributed by atoms with Crippen LogP contribution in [0.4, 0.5) is 54.8 Å². The van der Waals surface area contributed by atoms with Crippen LogP contribution in [0.5, 0.6) is 0 Å². The van der Waals surface area contributed by atoms with Crippen LogP contribution in [0.3, 0.4) is 0 Å². The van der Waals surface area contributed by atoms with Crippen molar-refractivity contribution in [2.45, 2.75) is 38.5 Å². The highest BCUT2D eigenvalue weighted by atomic mass is 19.4. The van der Waals surface area contributed by atoms with Gasteiger partial charge in [-0.25, -0.2) is 0 Å². The second-order valence-electron chi connectivity index (χ2n) is 12.8. The molecule has 0 spiro atoms. The summed E-state index contributed by atoms with van der Waals surface area (Å²) in [5.74, 6) is 0. The summed E-state index contributed by atoms with van der Waals surface area (Å²) in [6.07, 6.45) is -11.4. The van der Waals surface area contributed by atoms with E-state index in [2.05, 4.69) is 0 Å². The minimum absolute atomic E-state index is 0.404. The molecule has 260 valence electrons. The zero-order valence-electron chi connectivity index (χ0n) is 28.5. The first-order chi connectivity index (χ1) is 24.2. The second kappa shape index (κ2) is 13.7. The van der Waals surface area contributed by atoms with Crippen molar-refractivity contribution in [3.8, 4) is 11.1 Å². The molecular weight excluding hydrogens is 658 g/mol. The maximum atomic E-state index is 15.1. The highest BCUT2D eigenvalue weighted by Gasteiger charge is 2.72. The lowest BCUT2D eigenvalue weighted by Crippen LogP contribution is -2.54. The molecule has 0 N–H and O–H groups in total. The largest absolute Gasteiger partial charge is 0.411 e. The number of hydrogen-bond acceptors (Lipinski definition) is 2. The number of hydrogen-bond donors (Lipinski definition) is 0. The molecule has 0 fully saturated rings. The van der Waals surface area contributed by atoms with E-state index in [1.54, 1.807) is 11.9 Å². The molecule has 0 bridgehead atoms. The third-order valence-corrected chi connectivity index (χ3v) is 9.26. The summed E-state index contributed by atoms with van der Waals surface area (Å²) >= 11 is 0. The van der Waals surface area contributed by atoms with E-state index in [0.29, 0.717) is 22.7 Å². The van der Waals surface area contributed by atoms with Crippen molar-refractivity contribution in [3.05, 3.63) is 173 Å². The number of aryl methyl sites for hydroxylation is 3. The van der Waals surface area contributed by atoms with Gasteiger partial charge in [0, 0.05) is 35.5 Å². The van der Waals surface area contributed by atoms with E-state index in [-0.39, 0.29) is 0 Å². The van der Waals surface area contributed by atoms with E-state index >= 15 is 26.3 Å². The fourth-order valence-corrected chi connectivity index (χ4v) is 6.53. The molecule has 2 nitrogen and oxygen atoms in total. The van der Waals surface area contributed by atoms with Gasteiger partial charge < -0.3 is 9.80 Å². The molecule has 6 aromatic rings. The lowest BCUT2D eigenvalue weighted by molar-refractivity contribution is -0.288. The average molecular weight is 695 g/mol. The highest BCUT2D eigenvalue weighted by molar-refractivity contribution is 5.79. The monoisotopic (exact) mass is 694 g/mol. The highest BCUT2D eigenvalue weighted by Crippen LogP contribution is 2.56. The van der Waals surface area contributed by atoms with Crippen LogP contribution in [0, 0.1) is 20.8 Å². The minimum atomic E-state index is -5.71. The molecule has 0 aliphatic carbocycles. The summed E-state index contributed by atoms with van der Waals surface area (Å²) in [5, 5.41) is 0. The molecule has 0 aromatic heterocycles. The molecule has 0 aliphatic rings. The van der Waals surface area contributed by atoms with Gasteiger partial charge in [-0.15, -0.1) is 0 Å². The summed E-state index contributed by atoms with van der Waals surface area (Å²) in [6, 6.07) is 39.6. The molecule has 6 rings (SSSR count). The van der Waals surface area contributed by atoms with E-state index in [4.69, 9.17) is 0 Å².